The molecule has 0 spiro atoms. The molecule has 4 nitrogen and oxygen atoms in total. The highest BCUT2D eigenvalue weighted by molar-refractivity contribution is 7.84. The second kappa shape index (κ2) is 8.89. The van der Waals surface area contributed by atoms with Crippen LogP contribution in [0.1, 0.15) is 51.9 Å². The fourth-order valence-electron chi connectivity index (χ4n) is 3.97. The van der Waals surface area contributed by atoms with Crippen LogP contribution < -0.4 is 5.32 Å². The molecule has 4 rings (SSSR count). The minimum absolute atomic E-state index is 0.0465. The molecule has 1 saturated heterocycles. The van der Waals surface area contributed by atoms with Crippen molar-refractivity contribution >= 4 is 33.7 Å². The highest BCUT2D eigenvalue weighted by atomic mass is 32.2. The van der Waals surface area contributed by atoms with Crippen molar-refractivity contribution in [1.29, 1.82) is 0 Å². The molecule has 1 fully saturated rings. The van der Waals surface area contributed by atoms with E-state index in [0.717, 1.165) is 41.8 Å². The number of ether oxygens (including phenoxy) is 1. The molecule has 150 valence electrons. The number of fused-ring (bicyclic) bond motifs is 1. The third kappa shape index (κ3) is 4.73. The third-order valence-corrected chi connectivity index (χ3v) is 8.66. The molecule has 0 saturated carbocycles. The Bertz CT molecular complexity index is 870. The molecule has 2 aromatic rings. The maximum absolute atomic E-state index is 12.7. The Hall–Kier alpha value is -1.50. The summed E-state index contributed by atoms with van der Waals surface area (Å²) < 4.78 is 18.0. The van der Waals surface area contributed by atoms with Gasteiger partial charge >= 0.3 is 0 Å². The van der Waals surface area contributed by atoms with Crippen LogP contribution >= 0.6 is 11.3 Å². The van der Waals surface area contributed by atoms with Crippen LogP contribution in [0, 0.1) is 5.92 Å². The van der Waals surface area contributed by atoms with Crippen LogP contribution in [0.4, 0.5) is 5.69 Å². The Balaban J connectivity index is 1.40. The molecule has 2 heterocycles. The molecular formula is C22H27NO3S2. The minimum atomic E-state index is -0.904. The summed E-state index contributed by atoms with van der Waals surface area (Å²) in [5.41, 5.74) is 3.11. The minimum Gasteiger partial charge on any atom is -0.381 e. The summed E-state index contributed by atoms with van der Waals surface area (Å²) in [5.74, 6) is 1.18. The van der Waals surface area contributed by atoms with Gasteiger partial charge in [-0.15, -0.1) is 11.3 Å². The van der Waals surface area contributed by atoms with E-state index in [2.05, 4.69) is 18.3 Å². The summed E-state index contributed by atoms with van der Waals surface area (Å²) >= 11 is 1.63. The van der Waals surface area contributed by atoms with Gasteiger partial charge < -0.3 is 10.1 Å². The first kappa shape index (κ1) is 19.8. The highest BCUT2D eigenvalue weighted by Gasteiger charge is 2.22. The smallest absolute Gasteiger partial charge is 0.265 e. The summed E-state index contributed by atoms with van der Waals surface area (Å²) in [6, 6.07) is 9.82. The van der Waals surface area contributed by atoms with Gasteiger partial charge in [0.2, 0.25) is 0 Å². The number of thiophene rings is 1. The van der Waals surface area contributed by atoms with Crippen molar-refractivity contribution in [1.82, 2.24) is 0 Å². The van der Waals surface area contributed by atoms with E-state index in [9.17, 15) is 9.00 Å². The Labute approximate surface area is 173 Å². The number of hydrogen-bond acceptors (Lipinski definition) is 4. The quantitative estimate of drug-likeness (QED) is 0.776. The number of nitrogens with one attached hydrogen (secondary N) is 1. The van der Waals surface area contributed by atoms with E-state index in [1.54, 1.807) is 11.3 Å². The third-order valence-electron chi connectivity index (χ3n) is 5.59. The number of aryl methyl sites for hydroxylation is 1. The number of anilines is 1. The van der Waals surface area contributed by atoms with Gasteiger partial charge in [-0.3, -0.25) is 9.00 Å². The molecule has 1 aliphatic carbocycles. The molecular weight excluding hydrogens is 390 g/mol. The van der Waals surface area contributed by atoms with E-state index in [1.165, 1.54) is 16.9 Å². The van der Waals surface area contributed by atoms with Gasteiger partial charge in [0.05, 0.1) is 4.88 Å². The van der Waals surface area contributed by atoms with E-state index in [4.69, 9.17) is 4.74 Å². The van der Waals surface area contributed by atoms with Gasteiger partial charge in [0.25, 0.3) is 5.91 Å². The number of carbonyl (C=O) groups is 1. The maximum Gasteiger partial charge on any atom is 0.265 e. The SMILES string of the molecule is CC1CCc2sc(C(=O)Nc3cccc(CS(=O)C4CCOCC4)c3)cc2C1. The topological polar surface area (TPSA) is 55.4 Å². The first-order valence-corrected chi connectivity index (χ1v) is 12.2. The Morgan fingerprint density at radius 3 is 2.89 bits per heavy atom. The number of benzene rings is 1. The average Bonchev–Trinajstić information content (AvgIpc) is 3.12. The van der Waals surface area contributed by atoms with Crippen LogP contribution in [0.25, 0.3) is 0 Å². The van der Waals surface area contributed by atoms with E-state index < -0.39 is 10.8 Å². The van der Waals surface area contributed by atoms with Crippen LogP contribution in [0.15, 0.2) is 30.3 Å². The van der Waals surface area contributed by atoms with Gasteiger partial charge in [-0.25, -0.2) is 0 Å². The molecule has 2 aliphatic rings. The summed E-state index contributed by atoms with van der Waals surface area (Å²) in [7, 11) is -0.904. The summed E-state index contributed by atoms with van der Waals surface area (Å²) in [5, 5.41) is 3.24. The maximum atomic E-state index is 12.7. The van der Waals surface area contributed by atoms with Crippen molar-refractivity contribution in [3.8, 4) is 0 Å². The summed E-state index contributed by atoms with van der Waals surface area (Å²) in [4.78, 5) is 14.9. The predicted octanol–water partition coefficient (Wildman–Crippen LogP) is 4.55. The Morgan fingerprint density at radius 2 is 2.07 bits per heavy atom. The Morgan fingerprint density at radius 1 is 1.25 bits per heavy atom. The second-order valence-corrected chi connectivity index (χ2v) is 10.8. The lowest BCUT2D eigenvalue weighted by atomic mass is 9.90. The predicted molar refractivity (Wildman–Crippen MR) is 116 cm³/mol. The molecule has 6 heteroatoms. The van der Waals surface area contributed by atoms with Crippen molar-refractivity contribution in [2.75, 3.05) is 18.5 Å². The highest BCUT2D eigenvalue weighted by Crippen LogP contribution is 2.32. The standard InChI is InChI=1S/C22H27NO3S2/c1-15-5-6-20-17(11-15)13-21(27-20)22(24)23-18-4-2-3-16(12-18)14-28(25)19-7-9-26-10-8-19/h2-4,12-13,15,19H,5-11,14H2,1H3,(H,23,24). The number of carbonyl (C=O) groups excluding carboxylic acids is 1. The van der Waals surface area contributed by atoms with Gasteiger partial charge in [-0.1, -0.05) is 19.1 Å². The molecule has 1 aliphatic heterocycles. The first-order valence-electron chi connectivity index (χ1n) is 10.1. The summed E-state index contributed by atoms with van der Waals surface area (Å²) in [6.07, 6.45) is 5.10. The van der Waals surface area contributed by atoms with Crippen molar-refractivity contribution in [2.45, 2.75) is 50.0 Å². The van der Waals surface area contributed by atoms with Crippen LogP contribution in [-0.4, -0.2) is 28.6 Å². The van der Waals surface area contributed by atoms with Crippen molar-refractivity contribution in [3.05, 3.63) is 51.2 Å². The van der Waals surface area contributed by atoms with Crippen LogP contribution in [-0.2, 0) is 34.1 Å². The van der Waals surface area contributed by atoms with Crippen molar-refractivity contribution in [2.24, 2.45) is 5.92 Å². The molecule has 1 amide bonds. The number of rotatable bonds is 5. The zero-order chi connectivity index (χ0) is 19.5. The molecule has 0 bridgehead atoms. The Kier molecular flexibility index (Phi) is 6.28. The van der Waals surface area contributed by atoms with Gasteiger partial charge in [0.15, 0.2) is 0 Å². The lowest BCUT2D eigenvalue weighted by Crippen LogP contribution is -2.25. The van der Waals surface area contributed by atoms with Crippen molar-refractivity contribution < 1.29 is 13.7 Å². The van der Waals surface area contributed by atoms with Gasteiger partial charge in [0, 0.05) is 45.6 Å². The fraction of sp³-hybridized carbons (Fsp3) is 0.500. The van der Waals surface area contributed by atoms with E-state index in [0.29, 0.717) is 24.9 Å². The zero-order valence-electron chi connectivity index (χ0n) is 16.2. The van der Waals surface area contributed by atoms with Gasteiger partial charge in [-0.2, -0.15) is 0 Å². The largest absolute Gasteiger partial charge is 0.381 e. The van der Waals surface area contributed by atoms with Gasteiger partial charge in [0.1, 0.15) is 0 Å². The van der Waals surface area contributed by atoms with E-state index >= 15 is 0 Å². The van der Waals surface area contributed by atoms with Crippen LogP contribution in [0.2, 0.25) is 0 Å². The lowest BCUT2D eigenvalue weighted by Gasteiger charge is -2.21. The molecule has 1 aromatic heterocycles. The van der Waals surface area contributed by atoms with Gasteiger partial charge in [-0.05, 0) is 67.3 Å². The first-order chi connectivity index (χ1) is 13.6. The average molecular weight is 418 g/mol. The zero-order valence-corrected chi connectivity index (χ0v) is 17.9. The second-order valence-electron chi connectivity index (χ2n) is 7.90. The van der Waals surface area contributed by atoms with Crippen LogP contribution in [0.3, 0.4) is 0 Å². The van der Waals surface area contributed by atoms with Crippen molar-refractivity contribution in [3.63, 3.8) is 0 Å². The molecule has 1 N–H and O–H groups in total. The molecule has 2 unspecified atom stereocenters. The molecule has 1 aromatic carbocycles. The number of hydrogen-bond donors (Lipinski definition) is 1. The fourth-order valence-corrected chi connectivity index (χ4v) is 6.54. The van der Waals surface area contributed by atoms with Crippen LogP contribution in [0.5, 0.6) is 0 Å². The number of amides is 1. The van der Waals surface area contributed by atoms with E-state index in [1.807, 2.05) is 24.3 Å². The monoisotopic (exact) mass is 417 g/mol. The van der Waals surface area contributed by atoms with E-state index in [-0.39, 0.29) is 11.2 Å². The molecule has 0 radical (unpaired) electrons. The lowest BCUT2D eigenvalue weighted by molar-refractivity contribution is 0.0991. The normalized spacial score (nSPS) is 21.1. The molecule has 28 heavy (non-hydrogen) atoms. The summed E-state index contributed by atoms with van der Waals surface area (Å²) in [6.45, 7) is 3.68. The molecule has 2 atom stereocenters.